The number of esters is 1. The van der Waals surface area contributed by atoms with Gasteiger partial charge in [-0.15, -0.1) is 0 Å². The number of carbonyl (C=O) groups is 2. The Morgan fingerprint density at radius 3 is 2.34 bits per heavy atom. The zero-order chi connectivity index (χ0) is 21.6. The van der Waals surface area contributed by atoms with E-state index in [0.29, 0.717) is 30.8 Å². The third-order valence-electron chi connectivity index (χ3n) is 6.12. The van der Waals surface area contributed by atoms with Gasteiger partial charge in [-0.1, -0.05) is 79.6 Å². The highest BCUT2D eigenvalue weighted by Gasteiger charge is 2.34. The average Bonchev–Trinajstić information content (AvgIpc) is 2.66. The number of hydrogen-bond donors (Lipinski definition) is 1. The first kappa shape index (κ1) is 25.8. The van der Waals surface area contributed by atoms with Crippen molar-refractivity contribution in [3.8, 4) is 0 Å². The lowest BCUT2D eigenvalue weighted by Gasteiger charge is -2.36. The maximum Gasteiger partial charge on any atom is 0.408 e. The van der Waals surface area contributed by atoms with E-state index in [1.807, 2.05) is 6.92 Å². The van der Waals surface area contributed by atoms with Gasteiger partial charge < -0.3 is 14.8 Å². The summed E-state index contributed by atoms with van der Waals surface area (Å²) in [6, 6.07) is -0.619. The van der Waals surface area contributed by atoms with Gasteiger partial charge in [0, 0.05) is 0 Å². The van der Waals surface area contributed by atoms with Gasteiger partial charge >= 0.3 is 12.1 Å². The summed E-state index contributed by atoms with van der Waals surface area (Å²) in [4.78, 5) is 24.9. The molecule has 0 spiro atoms. The van der Waals surface area contributed by atoms with E-state index in [1.54, 1.807) is 0 Å². The van der Waals surface area contributed by atoms with Crippen molar-refractivity contribution in [3.05, 3.63) is 0 Å². The van der Waals surface area contributed by atoms with Crippen LogP contribution in [0, 0.1) is 17.8 Å². The lowest BCUT2D eigenvalue weighted by atomic mass is 9.75. The summed E-state index contributed by atoms with van der Waals surface area (Å²) in [6.07, 6.45) is 10.9. The highest BCUT2D eigenvalue weighted by atomic mass is 16.6. The number of unbranched alkanes of at least 4 members (excludes halogenated alkanes) is 5. The van der Waals surface area contributed by atoms with Gasteiger partial charge in [-0.3, -0.25) is 0 Å². The van der Waals surface area contributed by atoms with Crippen LogP contribution < -0.4 is 5.32 Å². The average molecular weight is 412 g/mol. The van der Waals surface area contributed by atoms with Crippen LogP contribution in [0.3, 0.4) is 0 Å². The highest BCUT2D eigenvalue weighted by Crippen LogP contribution is 2.35. The number of nitrogens with one attached hydrogen (secondary N) is 1. The van der Waals surface area contributed by atoms with Gasteiger partial charge in [-0.05, 0) is 43.4 Å². The molecule has 1 rings (SSSR count). The van der Waals surface area contributed by atoms with Gasteiger partial charge in [0.2, 0.25) is 0 Å². The molecule has 1 N–H and O–H groups in total. The topological polar surface area (TPSA) is 64.6 Å². The molecule has 0 radical (unpaired) electrons. The Bertz CT molecular complexity index is 466. The number of ether oxygens (including phenoxy) is 2. The summed E-state index contributed by atoms with van der Waals surface area (Å²) in [6.45, 7) is 11.2. The van der Waals surface area contributed by atoms with Gasteiger partial charge in [0.25, 0.3) is 0 Å². The minimum absolute atomic E-state index is 0.0693. The van der Waals surface area contributed by atoms with Crippen LogP contribution in [0.15, 0.2) is 0 Å². The molecule has 0 heterocycles. The van der Waals surface area contributed by atoms with Crippen LogP contribution in [0.4, 0.5) is 4.79 Å². The van der Waals surface area contributed by atoms with Crippen LogP contribution >= 0.6 is 0 Å². The second-order valence-corrected chi connectivity index (χ2v) is 9.19. The Hall–Kier alpha value is -1.26. The molecule has 1 aliphatic carbocycles. The molecule has 29 heavy (non-hydrogen) atoms. The second kappa shape index (κ2) is 14.7. The zero-order valence-electron chi connectivity index (χ0n) is 19.5. The van der Waals surface area contributed by atoms with Crippen LogP contribution in [0.2, 0.25) is 0 Å². The first-order chi connectivity index (χ1) is 13.9. The Morgan fingerprint density at radius 2 is 1.69 bits per heavy atom. The smallest absolute Gasteiger partial charge is 0.408 e. The fourth-order valence-electron chi connectivity index (χ4n) is 4.26. The molecule has 4 atom stereocenters. The molecule has 1 aliphatic rings. The maximum absolute atomic E-state index is 12.5. The van der Waals surface area contributed by atoms with E-state index >= 15 is 0 Å². The van der Waals surface area contributed by atoms with Crippen molar-refractivity contribution in [1.82, 2.24) is 5.32 Å². The van der Waals surface area contributed by atoms with E-state index < -0.39 is 12.1 Å². The highest BCUT2D eigenvalue weighted by molar-refractivity contribution is 5.81. The first-order valence-electron chi connectivity index (χ1n) is 12.0. The van der Waals surface area contributed by atoms with E-state index in [0.717, 1.165) is 32.1 Å². The number of carbonyl (C=O) groups excluding carboxylic acids is 2. The van der Waals surface area contributed by atoms with E-state index in [1.165, 1.54) is 32.1 Å². The summed E-state index contributed by atoms with van der Waals surface area (Å²) in [5.74, 6) is 1.10. The molecule has 170 valence electrons. The van der Waals surface area contributed by atoms with E-state index in [4.69, 9.17) is 9.47 Å². The fraction of sp³-hybridized carbons (Fsp3) is 0.917. The number of rotatable bonds is 13. The molecule has 4 unspecified atom stereocenters. The number of amides is 1. The van der Waals surface area contributed by atoms with Crippen molar-refractivity contribution in [1.29, 1.82) is 0 Å². The molecule has 1 amide bonds. The van der Waals surface area contributed by atoms with Crippen LogP contribution in [-0.4, -0.2) is 30.8 Å². The lowest BCUT2D eigenvalue weighted by molar-refractivity contribution is -0.146. The number of alkyl carbamates (subject to hydrolysis) is 1. The molecule has 0 aromatic carbocycles. The molecule has 0 saturated heterocycles. The summed E-state index contributed by atoms with van der Waals surface area (Å²) >= 11 is 0. The van der Waals surface area contributed by atoms with E-state index in [2.05, 4.69) is 33.0 Å². The summed E-state index contributed by atoms with van der Waals surface area (Å²) in [5.41, 5.74) is 0. The SMILES string of the molecule is CCCCCCCCOC(=O)C(CCC)NC(=O)OC1CC(C)CCC1C(C)C. The van der Waals surface area contributed by atoms with Gasteiger partial charge in [-0.25, -0.2) is 9.59 Å². The molecular formula is C24H45NO4. The Balaban J connectivity index is 2.44. The lowest BCUT2D eigenvalue weighted by Crippen LogP contribution is -2.45. The predicted octanol–water partition coefficient (Wildman–Crippen LogP) is 6.25. The van der Waals surface area contributed by atoms with Crippen molar-refractivity contribution in [2.75, 3.05) is 6.61 Å². The third kappa shape index (κ3) is 10.4. The minimum Gasteiger partial charge on any atom is -0.464 e. The monoisotopic (exact) mass is 411 g/mol. The maximum atomic E-state index is 12.5. The van der Waals surface area contributed by atoms with Gasteiger partial charge in [0.05, 0.1) is 6.61 Å². The van der Waals surface area contributed by atoms with Crippen LogP contribution in [0.1, 0.15) is 105 Å². The first-order valence-corrected chi connectivity index (χ1v) is 12.0. The molecule has 0 bridgehead atoms. The molecular weight excluding hydrogens is 366 g/mol. The van der Waals surface area contributed by atoms with Crippen molar-refractivity contribution in [3.63, 3.8) is 0 Å². The summed E-state index contributed by atoms with van der Waals surface area (Å²) in [7, 11) is 0. The molecule has 5 nitrogen and oxygen atoms in total. The van der Waals surface area contributed by atoms with Crippen molar-refractivity contribution < 1.29 is 19.1 Å². The molecule has 1 saturated carbocycles. The van der Waals surface area contributed by atoms with Gasteiger partial charge in [-0.2, -0.15) is 0 Å². The van der Waals surface area contributed by atoms with Gasteiger partial charge in [0.15, 0.2) is 0 Å². The van der Waals surface area contributed by atoms with Crippen molar-refractivity contribution in [2.45, 2.75) is 117 Å². The molecule has 1 fully saturated rings. The van der Waals surface area contributed by atoms with Crippen LogP contribution in [-0.2, 0) is 14.3 Å². The normalized spacial score (nSPS) is 22.9. The molecule has 0 aromatic rings. The third-order valence-corrected chi connectivity index (χ3v) is 6.12. The van der Waals surface area contributed by atoms with Gasteiger partial charge in [0.1, 0.15) is 12.1 Å². The van der Waals surface area contributed by atoms with E-state index in [9.17, 15) is 9.59 Å². The summed E-state index contributed by atoms with van der Waals surface area (Å²) in [5, 5.41) is 2.77. The van der Waals surface area contributed by atoms with E-state index in [-0.39, 0.29) is 12.1 Å². The largest absolute Gasteiger partial charge is 0.464 e. The second-order valence-electron chi connectivity index (χ2n) is 9.19. The zero-order valence-corrected chi connectivity index (χ0v) is 19.5. The molecule has 0 aromatic heterocycles. The quantitative estimate of drug-likeness (QED) is 0.287. The van der Waals surface area contributed by atoms with Crippen molar-refractivity contribution >= 4 is 12.1 Å². The minimum atomic E-state index is -0.619. The van der Waals surface area contributed by atoms with Crippen LogP contribution in [0.5, 0.6) is 0 Å². The fourth-order valence-corrected chi connectivity index (χ4v) is 4.26. The Labute approximate surface area is 178 Å². The predicted molar refractivity (Wildman–Crippen MR) is 118 cm³/mol. The molecule has 0 aliphatic heterocycles. The summed E-state index contributed by atoms with van der Waals surface area (Å²) < 4.78 is 11.2. The Kier molecular flexibility index (Phi) is 13.0. The number of hydrogen-bond acceptors (Lipinski definition) is 4. The van der Waals surface area contributed by atoms with Crippen molar-refractivity contribution in [2.24, 2.45) is 17.8 Å². The Morgan fingerprint density at radius 1 is 1.00 bits per heavy atom. The molecule has 5 heteroatoms. The van der Waals surface area contributed by atoms with Crippen LogP contribution in [0.25, 0.3) is 0 Å². The standard InChI is InChI=1S/C24H45NO4/c1-6-8-9-10-11-12-16-28-23(26)21(13-7-2)25-24(27)29-22-17-19(5)14-15-20(22)18(3)4/h18-22H,6-17H2,1-5H3,(H,25,27).